The molecule has 0 saturated carbocycles. The number of carbonyl (C=O) groups is 1. The van der Waals surface area contributed by atoms with Gasteiger partial charge < -0.3 is 5.32 Å². The molecule has 28 heavy (non-hydrogen) atoms. The molecule has 1 heterocycles. The van der Waals surface area contributed by atoms with Crippen LogP contribution in [0.1, 0.15) is 11.1 Å². The average Bonchev–Trinajstić information content (AvgIpc) is 2.66. The van der Waals surface area contributed by atoms with Crippen molar-refractivity contribution in [3.05, 3.63) is 59.7 Å². The van der Waals surface area contributed by atoms with Crippen molar-refractivity contribution >= 4 is 23.4 Å². The summed E-state index contributed by atoms with van der Waals surface area (Å²) in [6.45, 7) is 6.75. The number of anilines is 1. The third-order valence-corrected chi connectivity index (χ3v) is 5.65. The minimum Gasteiger partial charge on any atom is -0.324 e. The van der Waals surface area contributed by atoms with Crippen LogP contribution in [-0.2, 0) is 11.3 Å². The number of amides is 1. The van der Waals surface area contributed by atoms with E-state index in [4.69, 9.17) is 0 Å². The van der Waals surface area contributed by atoms with E-state index in [9.17, 15) is 13.6 Å². The Bertz CT molecular complexity index is 795. The summed E-state index contributed by atoms with van der Waals surface area (Å²) >= 11 is 0.447. The Kier molecular flexibility index (Phi) is 7.42. The number of hydrogen-bond acceptors (Lipinski definition) is 4. The highest BCUT2D eigenvalue weighted by Crippen LogP contribution is 2.31. The number of hydrogen-bond donors (Lipinski definition) is 1. The van der Waals surface area contributed by atoms with Crippen molar-refractivity contribution in [2.45, 2.75) is 24.1 Å². The van der Waals surface area contributed by atoms with Gasteiger partial charge in [0.05, 0.1) is 12.2 Å². The minimum absolute atomic E-state index is 0.172. The van der Waals surface area contributed by atoms with Gasteiger partial charge in [-0.15, -0.1) is 0 Å². The standard InChI is InChI=1S/C21H25F2N3OS/c1-16-6-2-3-7-17(16)14-25-10-12-26(13-11-25)15-20(27)24-18-8-4-5-9-19(18)28-21(22)23/h2-9,21H,10-15H2,1H3,(H,24,27). The van der Waals surface area contributed by atoms with E-state index in [0.717, 1.165) is 32.7 Å². The molecule has 1 N–H and O–H groups in total. The summed E-state index contributed by atoms with van der Waals surface area (Å²) in [5.74, 6) is -2.69. The Balaban J connectivity index is 1.47. The number of piperazine rings is 1. The molecule has 0 radical (unpaired) electrons. The lowest BCUT2D eigenvalue weighted by atomic mass is 10.1. The molecule has 0 aliphatic carbocycles. The van der Waals surface area contributed by atoms with E-state index in [1.807, 2.05) is 6.07 Å². The smallest absolute Gasteiger partial charge is 0.288 e. The first-order valence-electron chi connectivity index (χ1n) is 9.34. The molecule has 0 bridgehead atoms. The highest BCUT2D eigenvalue weighted by Gasteiger charge is 2.20. The van der Waals surface area contributed by atoms with Crippen LogP contribution in [0, 0.1) is 6.92 Å². The summed E-state index contributed by atoms with van der Waals surface area (Å²) in [6.07, 6.45) is 0. The third-order valence-electron chi connectivity index (χ3n) is 4.86. The molecule has 0 unspecified atom stereocenters. The van der Waals surface area contributed by atoms with Crippen LogP contribution in [0.2, 0.25) is 0 Å². The molecular formula is C21H25F2N3OS. The quantitative estimate of drug-likeness (QED) is 0.705. The van der Waals surface area contributed by atoms with Crippen LogP contribution < -0.4 is 5.32 Å². The number of alkyl halides is 2. The highest BCUT2D eigenvalue weighted by molar-refractivity contribution is 7.99. The fraction of sp³-hybridized carbons (Fsp3) is 0.381. The Morgan fingerprint density at radius 3 is 2.39 bits per heavy atom. The Labute approximate surface area is 168 Å². The predicted octanol–water partition coefficient (Wildman–Crippen LogP) is 4.07. The van der Waals surface area contributed by atoms with Crippen molar-refractivity contribution in [2.75, 3.05) is 38.0 Å². The summed E-state index contributed by atoms with van der Waals surface area (Å²) in [5.41, 5.74) is 3.07. The first-order chi connectivity index (χ1) is 13.5. The van der Waals surface area contributed by atoms with E-state index >= 15 is 0 Å². The number of rotatable bonds is 7. The molecule has 1 aliphatic heterocycles. The summed E-state index contributed by atoms with van der Waals surface area (Å²) in [4.78, 5) is 17.3. The van der Waals surface area contributed by atoms with Crippen LogP contribution >= 0.6 is 11.8 Å². The van der Waals surface area contributed by atoms with Gasteiger partial charge in [-0.2, -0.15) is 8.78 Å². The lowest BCUT2D eigenvalue weighted by molar-refractivity contribution is -0.117. The van der Waals surface area contributed by atoms with Gasteiger partial charge in [0.25, 0.3) is 5.76 Å². The van der Waals surface area contributed by atoms with Gasteiger partial charge in [-0.3, -0.25) is 14.6 Å². The van der Waals surface area contributed by atoms with E-state index in [1.165, 1.54) is 11.1 Å². The summed E-state index contributed by atoms with van der Waals surface area (Å²) in [5, 5.41) is 2.77. The lowest BCUT2D eigenvalue weighted by Gasteiger charge is -2.34. The van der Waals surface area contributed by atoms with Crippen molar-refractivity contribution < 1.29 is 13.6 Å². The second-order valence-electron chi connectivity index (χ2n) is 6.90. The molecule has 1 fully saturated rings. The molecule has 0 spiro atoms. The first-order valence-corrected chi connectivity index (χ1v) is 10.2. The van der Waals surface area contributed by atoms with Crippen LogP contribution in [0.5, 0.6) is 0 Å². The third kappa shape index (κ3) is 6.02. The van der Waals surface area contributed by atoms with Gasteiger partial charge in [-0.1, -0.05) is 48.2 Å². The number of benzene rings is 2. The fourth-order valence-electron chi connectivity index (χ4n) is 3.30. The molecular weight excluding hydrogens is 380 g/mol. The number of aryl methyl sites for hydroxylation is 1. The summed E-state index contributed by atoms with van der Waals surface area (Å²) < 4.78 is 25.3. The maximum atomic E-state index is 12.7. The van der Waals surface area contributed by atoms with Gasteiger partial charge in [0.2, 0.25) is 5.91 Å². The van der Waals surface area contributed by atoms with Crippen LogP contribution in [0.15, 0.2) is 53.4 Å². The fourth-order valence-corrected chi connectivity index (χ4v) is 3.89. The number of halogens is 2. The molecule has 1 aliphatic rings. The van der Waals surface area contributed by atoms with Gasteiger partial charge in [-0.25, -0.2) is 0 Å². The number of carbonyl (C=O) groups excluding carboxylic acids is 1. The predicted molar refractivity (Wildman–Crippen MR) is 110 cm³/mol. The minimum atomic E-state index is -2.51. The molecule has 2 aromatic rings. The van der Waals surface area contributed by atoms with Gasteiger partial charge in [-0.05, 0) is 30.2 Å². The van der Waals surface area contributed by atoms with Crippen molar-refractivity contribution in [3.63, 3.8) is 0 Å². The van der Waals surface area contributed by atoms with E-state index < -0.39 is 5.76 Å². The molecule has 7 heteroatoms. The molecule has 3 rings (SSSR count). The number of thioether (sulfide) groups is 1. The van der Waals surface area contributed by atoms with Gasteiger partial charge in [0, 0.05) is 37.6 Å². The van der Waals surface area contributed by atoms with Gasteiger partial charge >= 0.3 is 0 Å². The van der Waals surface area contributed by atoms with Crippen LogP contribution in [0.4, 0.5) is 14.5 Å². The lowest BCUT2D eigenvalue weighted by Crippen LogP contribution is -2.48. The largest absolute Gasteiger partial charge is 0.324 e. The van der Waals surface area contributed by atoms with E-state index in [2.05, 4.69) is 40.2 Å². The molecule has 150 valence electrons. The zero-order valence-corrected chi connectivity index (χ0v) is 16.7. The summed E-state index contributed by atoms with van der Waals surface area (Å²) in [7, 11) is 0. The molecule has 0 aromatic heterocycles. The second-order valence-corrected chi connectivity index (χ2v) is 7.93. The SMILES string of the molecule is Cc1ccccc1CN1CCN(CC(=O)Nc2ccccc2SC(F)F)CC1. The Morgan fingerprint density at radius 2 is 1.68 bits per heavy atom. The average molecular weight is 406 g/mol. The van der Waals surface area contributed by atoms with Gasteiger partial charge in [0.15, 0.2) is 0 Å². The Hall–Kier alpha value is -1.96. The monoisotopic (exact) mass is 405 g/mol. The molecule has 2 aromatic carbocycles. The zero-order chi connectivity index (χ0) is 19.9. The maximum Gasteiger partial charge on any atom is 0.288 e. The van der Waals surface area contributed by atoms with Crippen molar-refractivity contribution in [1.82, 2.24) is 9.80 Å². The van der Waals surface area contributed by atoms with E-state index in [1.54, 1.807) is 24.3 Å². The highest BCUT2D eigenvalue weighted by atomic mass is 32.2. The molecule has 1 amide bonds. The van der Waals surface area contributed by atoms with Gasteiger partial charge in [0.1, 0.15) is 0 Å². The van der Waals surface area contributed by atoms with E-state index in [-0.39, 0.29) is 12.5 Å². The van der Waals surface area contributed by atoms with Crippen LogP contribution in [0.25, 0.3) is 0 Å². The number of nitrogens with zero attached hydrogens (tertiary/aromatic N) is 2. The first kappa shape index (κ1) is 20.8. The van der Waals surface area contributed by atoms with Crippen molar-refractivity contribution in [2.24, 2.45) is 0 Å². The molecule has 4 nitrogen and oxygen atoms in total. The topological polar surface area (TPSA) is 35.6 Å². The molecule has 1 saturated heterocycles. The molecule has 0 atom stereocenters. The maximum absolute atomic E-state index is 12.7. The zero-order valence-electron chi connectivity index (χ0n) is 15.9. The van der Waals surface area contributed by atoms with Crippen LogP contribution in [-0.4, -0.2) is 54.2 Å². The summed E-state index contributed by atoms with van der Waals surface area (Å²) in [6, 6.07) is 15.1. The van der Waals surface area contributed by atoms with Crippen molar-refractivity contribution in [3.8, 4) is 0 Å². The van der Waals surface area contributed by atoms with Crippen LogP contribution in [0.3, 0.4) is 0 Å². The van der Waals surface area contributed by atoms with Crippen molar-refractivity contribution in [1.29, 1.82) is 0 Å². The Morgan fingerprint density at radius 1 is 1.04 bits per heavy atom. The number of nitrogens with one attached hydrogen (secondary N) is 1. The second kappa shape index (κ2) is 10.0. The number of para-hydroxylation sites is 1. The normalized spacial score (nSPS) is 15.7. The van der Waals surface area contributed by atoms with E-state index in [0.29, 0.717) is 22.3 Å².